The SMILES string of the molecule is CC(C)(C)OC(=O)N1CCC(C)(OCc2ccncc2)CC1. The first kappa shape index (κ1) is 16.7. The van der Waals surface area contributed by atoms with Crippen molar-refractivity contribution < 1.29 is 14.3 Å². The van der Waals surface area contributed by atoms with Crippen LogP contribution in [0.25, 0.3) is 0 Å². The molecule has 0 bridgehead atoms. The molecule has 1 aromatic heterocycles. The lowest BCUT2D eigenvalue weighted by Crippen LogP contribution is -2.47. The molecule has 2 heterocycles. The number of carbonyl (C=O) groups excluding carboxylic acids is 1. The van der Waals surface area contributed by atoms with Crippen LogP contribution in [-0.2, 0) is 16.1 Å². The van der Waals surface area contributed by atoms with E-state index < -0.39 is 5.60 Å². The molecule has 1 fully saturated rings. The number of amides is 1. The van der Waals surface area contributed by atoms with Crippen molar-refractivity contribution in [1.29, 1.82) is 0 Å². The van der Waals surface area contributed by atoms with Gasteiger partial charge in [0.2, 0.25) is 0 Å². The molecule has 0 spiro atoms. The number of nitrogens with zero attached hydrogens (tertiary/aromatic N) is 2. The second kappa shape index (κ2) is 6.65. The van der Waals surface area contributed by atoms with E-state index >= 15 is 0 Å². The summed E-state index contributed by atoms with van der Waals surface area (Å²) in [6, 6.07) is 3.92. The molecule has 122 valence electrons. The standard InChI is InChI=1S/C17H26N2O3/c1-16(2,3)22-15(20)19-11-7-17(4,8-12-19)21-13-14-5-9-18-10-6-14/h5-6,9-10H,7-8,11-13H2,1-4H3. The van der Waals surface area contributed by atoms with Gasteiger partial charge in [0.15, 0.2) is 0 Å². The van der Waals surface area contributed by atoms with Gasteiger partial charge in [-0.15, -0.1) is 0 Å². The van der Waals surface area contributed by atoms with Crippen LogP contribution in [0.15, 0.2) is 24.5 Å². The minimum absolute atomic E-state index is 0.193. The van der Waals surface area contributed by atoms with Crippen LogP contribution >= 0.6 is 0 Å². The Morgan fingerprint density at radius 2 is 1.86 bits per heavy atom. The van der Waals surface area contributed by atoms with Crippen molar-refractivity contribution in [2.45, 2.75) is 58.3 Å². The minimum atomic E-state index is -0.449. The Morgan fingerprint density at radius 1 is 1.27 bits per heavy atom. The van der Waals surface area contributed by atoms with Gasteiger partial charge in [0.25, 0.3) is 0 Å². The monoisotopic (exact) mass is 306 g/mol. The maximum Gasteiger partial charge on any atom is 0.410 e. The van der Waals surface area contributed by atoms with Crippen molar-refractivity contribution in [3.63, 3.8) is 0 Å². The van der Waals surface area contributed by atoms with Crippen molar-refractivity contribution in [1.82, 2.24) is 9.88 Å². The zero-order valence-corrected chi connectivity index (χ0v) is 14.0. The molecule has 0 atom stereocenters. The molecule has 0 N–H and O–H groups in total. The average Bonchev–Trinajstić information content (AvgIpc) is 2.45. The molecular formula is C17H26N2O3. The van der Waals surface area contributed by atoms with Gasteiger partial charge < -0.3 is 14.4 Å². The molecule has 22 heavy (non-hydrogen) atoms. The number of likely N-dealkylation sites (tertiary alicyclic amines) is 1. The third-order valence-electron chi connectivity index (χ3n) is 3.81. The predicted octanol–water partition coefficient (Wildman–Crippen LogP) is 3.39. The molecule has 1 aliphatic heterocycles. The summed E-state index contributed by atoms with van der Waals surface area (Å²) in [5, 5.41) is 0. The molecule has 5 nitrogen and oxygen atoms in total. The zero-order valence-electron chi connectivity index (χ0n) is 14.0. The molecule has 1 aromatic rings. The van der Waals surface area contributed by atoms with Gasteiger partial charge in [-0.1, -0.05) is 0 Å². The highest BCUT2D eigenvalue weighted by Crippen LogP contribution is 2.27. The molecule has 0 unspecified atom stereocenters. The Kier molecular flexibility index (Phi) is 5.06. The summed E-state index contributed by atoms with van der Waals surface area (Å²) < 4.78 is 11.5. The molecule has 5 heteroatoms. The van der Waals surface area contributed by atoms with Crippen LogP contribution < -0.4 is 0 Å². The van der Waals surface area contributed by atoms with Gasteiger partial charge in [0.1, 0.15) is 5.60 Å². The van der Waals surface area contributed by atoms with E-state index in [-0.39, 0.29) is 11.7 Å². The van der Waals surface area contributed by atoms with Gasteiger partial charge in [0.05, 0.1) is 12.2 Å². The van der Waals surface area contributed by atoms with E-state index in [1.807, 2.05) is 32.9 Å². The fraction of sp³-hybridized carbons (Fsp3) is 0.647. The van der Waals surface area contributed by atoms with Crippen molar-refractivity contribution in [2.75, 3.05) is 13.1 Å². The summed E-state index contributed by atoms with van der Waals surface area (Å²) in [6.45, 7) is 9.68. The average molecular weight is 306 g/mol. The molecule has 0 aliphatic carbocycles. The number of hydrogen-bond donors (Lipinski definition) is 0. The number of aromatic nitrogens is 1. The smallest absolute Gasteiger partial charge is 0.410 e. The van der Waals surface area contributed by atoms with Gasteiger partial charge in [-0.05, 0) is 58.2 Å². The molecule has 1 amide bonds. The second-order valence-electron chi connectivity index (χ2n) is 7.06. The van der Waals surface area contributed by atoms with Crippen molar-refractivity contribution >= 4 is 6.09 Å². The third-order valence-corrected chi connectivity index (χ3v) is 3.81. The van der Waals surface area contributed by atoms with Crippen molar-refractivity contribution in [3.8, 4) is 0 Å². The summed E-state index contributed by atoms with van der Waals surface area (Å²) in [5.41, 5.74) is 0.475. The number of piperidine rings is 1. The van der Waals surface area contributed by atoms with Crippen LogP contribution in [0.2, 0.25) is 0 Å². The third kappa shape index (κ3) is 4.98. The molecule has 2 rings (SSSR count). The normalized spacial score (nSPS) is 18.1. The number of hydrogen-bond acceptors (Lipinski definition) is 4. The highest BCUT2D eigenvalue weighted by atomic mass is 16.6. The number of rotatable bonds is 3. The van der Waals surface area contributed by atoms with Crippen LogP contribution in [0.3, 0.4) is 0 Å². The number of pyridine rings is 1. The Hall–Kier alpha value is -1.62. The molecule has 1 aliphatic rings. The van der Waals surface area contributed by atoms with E-state index in [4.69, 9.17) is 9.47 Å². The van der Waals surface area contributed by atoms with Gasteiger partial charge in [0, 0.05) is 25.5 Å². The molecule has 1 saturated heterocycles. The first-order valence-electron chi connectivity index (χ1n) is 7.78. The van der Waals surface area contributed by atoms with Crippen molar-refractivity contribution in [2.24, 2.45) is 0 Å². The van der Waals surface area contributed by atoms with E-state index in [2.05, 4.69) is 11.9 Å². The fourth-order valence-corrected chi connectivity index (χ4v) is 2.37. The Morgan fingerprint density at radius 3 is 2.41 bits per heavy atom. The summed E-state index contributed by atoms with van der Waals surface area (Å²) in [4.78, 5) is 17.8. The van der Waals surface area contributed by atoms with Crippen LogP contribution in [0.1, 0.15) is 46.1 Å². The quantitative estimate of drug-likeness (QED) is 0.859. The maximum absolute atomic E-state index is 12.1. The van der Waals surface area contributed by atoms with E-state index in [1.165, 1.54) is 0 Å². The lowest BCUT2D eigenvalue weighted by Gasteiger charge is -2.39. The Labute approximate surface area is 132 Å². The molecule has 0 radical (unpaired) electrons. The lowest BCUT2D eigenvalue weighted by atomic mass is 9.93. The number of ether oxygens (including phenoxy) is 2. The minimum Gasteiger partial charge on any atom is -0.444 e. The van der Waals surface area contributed by atoms with Gasteiger partial charge in [-0.25, -0.2) is 4.79 Å². The molecule has 0 saturated carbocycles. The summed E-state index contributed by atoms with van der Waals surface area (Å²) in [5.74, 6) is 0. The van der Waals surface area contributed by atoms with E-state index in [1.54, 1.807) is 17.3 Å². The molecular weight excluding hydrogens is 280 g/mol. The Bertz CT molecular complexity index is 488. The molecule has 0 aromatic carbocycles. The second-order valence-corrected chi connectivity index (χ2v) is 7.06. The van der Waals surface area contributed by atoms with Gasteiger partial charge >= 0.3 is 6.09 Å². The van der Waals surface area contributed by atoms with Crippen molar-refractivity contribution in [3.05, 3.63) is 30.1 Å². The topological polar surface area (TPSA) is 51.7 Å². The van der Waals surface area contributed by atoms with Crippen LogP contribution in [0.4, 0.5) is 4.79 Å². The van der Waals surface area contributed by atoms with Gasteiger partial charge in [-0.2, -0.15) is 0 Å². The van der Waals surface area contributed by atoms with Crippen LogP contribution in [0, 0.1) is 0 Å². The fourth-order valence-electron chi connectivity index (χ4n) is 2.37. The van der Waals surface area contributed by atoms with Gasteiger partial charge in [-0.3, -0.25) is 4.98 Å². The van der Waals surface area contributed by atoms with Crippen LogP contribution in [0.5, 0.6) is 0 Å². The largest absolute Gasteiger partial charge is 0.444 e. The summed E-state index contributed by atoms with van der Waals surface area (Å²) >= 11 is 0. The summed E-state index contributed by atoms with van der Waals surface area (Å²) in [6.07, 6.45) is 4.94. The van der Waals surface area contributed by atoms with Crippen LogP contribution in [-0.4, -0.2) is 40.3 Å². The highest BCUT2D eigenvalue weighted by Gasteiger charge is 2.34. The zero-order chi connectivity index (χ0) is 16.2. The lowest BCUT2D eigenvalue weighted by molar-refractivity contribution is -0.0812. The first-order chi connectivity index (χ1) is 10.3. The first-order valence-corrected chi connectivity index (χ1v) is 7.78. The predicted molar refractivity (Wildman–Crippen MR) is 84.5 cm³/mol. The summed E-state index contributed by atoms with van der Waals surface area (Å²) in [7, 11) is 0. The van der Waals surface area contributed by atoms with E-state index in [0.717, 1.165) is 18.4 Å². The highest BCUT2D eigenvalue weighted by molar-refractivity contribution is 5.68. The number of carbonyl (C=O) groups is 1. The Balaban J connectivity index is 1.81. The van der Waals surface area contributed by atoms with E-state index in [0.29, 0.717) is 19.7 Å². The van der Waals surface area contributed by atoms with E-state index in [9.17, 15) is 4.79 Å². The maximum atomic E-state index is 12.1.